The first-order chi connectivity index (χ1) is 8.75. The van der Waals surface area contributed by atoms with Crippen LogP contribution in [0.1, 0.15) is 0 Å². The maximum Gasteiger partial charge on any atom is 0.376 e. The van der Waals surface area contributed by atoms with Crippen LogP contribution < -0.4 is 9.05 Å². The summed E-state index contributed by atoms with van der Waals surface area (Å²) in [7, 11) is -1.62. The number of carbonyl (C=O) groups is 1. The summed E-state index contributed by atoms with van der Waals surface area (Å²) < 4.78 is 11.0. The molecule has 2 aromatic rings. The Hall–Kier alpha value is -1.13. The number of hydrogen-bond acceptors (Lipinski definition) is 3. The van der Waals surface area contributed by atoms with Crippen LogP contribution in [0, 0.1) is 0 Å². The standard InChI is InChI=1S/C13H10IO3P/c14-13(15)18(16-11-7-3-1-4-8-11)17-12-9-5-2-6-10-12/h1-10H. The van der Waals surface area contributed by atoms with Crippen molar-refractivity contribution < 1.29 is 13.8 Å². The molecule has 0 bridgehead atoms. The van der Waals surface area contributed by atoms with Gasteiger partial charge in [0.1, 0.15) is 11.5 Å². The van der Waals surface area contributed by atoms with Gasteiger partial charge in [-0.15, -0.1) is 0 Å². The third-order valence-electron chi connectivity index (χ3n) is 2.01. The zero-order valence-electron chi connectivity index (χ0n) is 9.32. The van der Waals surface area contributed by atoms with Gasteiger partial charge >= 0.3 is 8.38 Å². The molecular formula is C13H10IO3P. The first-order valence-corrected chi connectivity index (χ1v) is 7.47. The van der Waals surface area contributed by atoms with Crippen molar-refractivity contribution in [2.45, 2.75) is 0 Å². The lowest BCUT2D eigenvalue weighted by Gasteiger charge is -2.14. The number of hydrogen-bond donors (Lipinski definition) is 0. The Balaban J connectivity index is 2.08. The molecule has 0 saturated heterocycles. The number of benzene rings is 2. The summed E-state index contributed by atoms with van der Waals surface area (Å²) in [5.41, 5.74) is 0. The zero-order valence-corrected chi connectivity index (χ0v) is 12.4. The molecule has 0 atom stereocenters. The Kier molecular flexibility index (Phi) is 4.96. The van der Waals surface area contributed by atoms with Crippen molar-refractivity contribution in [3.05, 3.63) is 60.7 Å². The number of rotatable bonds is 5. The van der Waals surface area contributed by atoms with Crippen molar-refractivity contribution in [3.8, 4) is 11.5 Å². The fraction of sp³-hybridized carbons (Fsp3) is 0. The van der Waals surface area contributed by atoms with Gasteiger partial charge < -0.3 is 9.05 Å². The molecule has 3 nitrogen and oxygen atoms in total. The molecule has 5 heteroatoms. The average molecular weight is 372 g/mol. The van der Waals surface area contributed by atoms with Gasteiger partial charge in [0.25, 0.3) is 3.53 Å². The van der Waals surface area contributed by atoms with E-state index in [1.54, 1.807) is 46.9 Å². The lowest BCUT2D eigenvalue weighted by molar-refractivity contribution is 0.274. The lowest BCUT2D eigenvalue weighted by atomic mass is 10.3. The second-order valence-electron chi connectivity index (χ2n) is 3.32. The Morgan fingerprint density at radius 3 is 1.56 bits per heavy atom. The summed E-state index contributed by atoms with van der Waals surface area (Å²) in [6.45, 7) is 0. The first kappa shape index (κ1) is 13.3. The van der Waals surface area contributed by atoms with Gasteiger partial charge in [-0.1, -0.05) is 36.4 Å². The molecule has 18 heavy (non-hydrogen) atoms. The van der Waals surface area contributed by atoms with Gasteiger partial charge in [0.05, 0.1) is 0 Å². The van der Waals surface area contributed by atoms with Gasteiger partial charge in [-0.05, 0) is 24.3 Å². The SMILES string of the molecule is O=C(I)P(Oc1ccccc1)Oc1ccccc1. The summed E-state index contributed by atoms with van der Waals surface area (Å²) >= 11 is 1.70. The van der Waals surface area contributed by atoms with Crippen LogP contribution >= 0.6 is 31.0 Å². The molecule has 0 aliphatic carbocycles. The third kappa shape index (κ3) is 3.96. The van der Waals surface area contributed by atoms with E-state index in [1.807, 2.05) is 36.4 Å². The van der Waals surface area contributed by atoms with Crippen molar-refractivity contribution in [1.82, 2.24) is 0 Å². The molecule has 0 aliphatic rings. The lowest BCUT2D eigenvalue weighted by Crippen LogP contribution is -1.99. The molecule has 0 saturated carbocycles. The van der Waals surface area contributed by atoms with E-state index in [0.717, 1.165) is 0 Å². The second-order valence-corrected chi connectivity index (χ2v) is 6.44. The molecule has 92 valence electrons. The van der Waals surface area contributed by atoms with E-state index in [-0.39, 0.29) is 3.53 Å². The van der Waals surface area contributed by atoms with Crippen LogP contribution in [-0.4, -0.2) is 3.53 Å². The molecule has 0 radical (unpaired) electrons. The fourth-order valence-corrected chi connectivity index (χ4v) is 2.64. The third-order valence-corrected chi connectivity index (χ3v) is 4.23. The largest absolute Gasteiger partial charge is 0.433 e. The molecule has 0 amide bonds. The van der Waals surface area contributed by atoms with Crippen molar-refractivity contribution in [1.29, 1.82) is 0 Å². The minimum Gasteiger partial charge on any atom is -0.433 e. The zero-order chi connectivity index (χ0) is 12.8. The second kappa shape index (κ2) is 6.71. The Bertz CT molecular complexity index is 463. The predicted molar refractivity (Wildman–Crippen MR) is 80.5 cm³/mol. The van der Waals surface area contributed by atoms with Gasteiger partial charge in [0.15, 0.2) is 0 Å². The molecule has 0 spiro atoms. The van der Waals surface area contributed by atoms with E-state index in [0.29, 0.717) is 11.5 Å². The van der Waals surface area contributed by atoms with Crippen LogP contribution in [0.4, 0.5) is 4.79 Å². The van der Waals surface area contributed by atoms with Crippen LogP contribution in [-0.2, 0) is 0 Å². The summed E-state index contributed by atoms with van der Waals surface area (Å²) in [4.78, 5) is 11.5. The van der Waals surface area contributed by atoms with E-state index in [9.17, 15) is 4.79 Å². The highest BCUT2D eigenvalue weighted by molar-refractivity contribution is 14.1. The molecule has 2 rings (SSSR count). The van der Waals surface area contributed by atoms with Crippen LogP contribution in [0.25, 0.3) is 0 Å². The summed E-state index contributed by atoms with van der Waals surface area (Å²) in [6.07, 6.45) is 0. The van der Waals surface area contributed by atoms with Gasteiger partial charge in [-0.3, -0.25) is 4.79 Å². The van der Waals surface area contributed by atoms with Gasteiger partial charge in [-0.2, -0.15) is 0 Å². The monoisotopic (exact) mass is 372 g/mol. The van der Waals surface area contributed by atoms with Crippen molar-refractivity contribution >= 4 is 34.5 Å². The van der Waals surface area contributed by atoms with Crippen LogP contribution in [0.15, 0.2) is 60.7 Å². The minimum atomic E-state index is -1.62. The van der Waals surface area contributed by atoms with E-state index < -0.39 is 8.38 Å². The normalized spacial score (nSPS) is 10.1. The van der Waals surface area contributed by atoms with E-state index in [1.165, 1.54) is 0 Å². The molecule has 0 aliphatic heterocycles. The van der Waals surface area contributed by atoms with E-state index in [2.05, 4.69) is 0 Å². The highest BCUT2D eigenvalue weighted by Gasteiger charge is 2.22. The summed E-state index contributed by atoms with van der Waals surface area (Å²) in [5, 5.41) is 0. The Morgan fingerprint density at radius 1 is 0.833 bits per heavy atom. The maximum atomic E-state index is 11.5. The smallest absolute Gasteiger partial charge is 0.376 e. The van der Waals surface area contributed by atoms with Crippen molar-refractivity contribution in [2.75, 3.05) is 0 Å². The minimum absolute atomic E-state index is 0.143. The fourth-order valence-electron chi connectivity index (χ4n) is 1.24. The van der Waals surface area contributed by atoms with E-state index in [4.69, 9.17) is 9.05 Å². The predicted octanol–water partition coefficient (Wildman–Crippen LogP) is 5.01. The average Bonchev–Trinajstić information content (AvgIpc) is 2.40. The van der Waals surface area contributed by atoms with Crippen LogP contribution in [0.2, 0.25) is 0 Å². The first-order valence-electron chi connectivity index (χ1n) is 5.21. The Morgan fingerprint density at radius 2 is 1.22 bits per heavy atom. The summed E-state index contributed by atoms with van der Waals surface area (Å²) in [6, 6.07) is 18.4. The molecule has 2 aromatic carbocycles. The molecular weight excluding hydrogens is 362 g/mol. The van der Waals surface area contributed by atoms with Crippen molar-refractivity contribution in [3.63, 3.8) is 0 Å². The Labute approximate surface area is 120 Å². The van der Waals surface area contributed by atoms with Gasteiger partial charge in [-0.25, -0.2) is 0 Å². The summed E-state index contributed by atoms with van der Waals surface area (Å²) in [5.74, 6) is 1.26. The van der Waals surface area contributed by atoms with Crippen molar-refractivity contribution in [2.24, 2.45) is 0 Å². The van der Waals surface area contributed by atoms with E-state index >= 15 is 0 Å². The molecule has 0 fully saturated rings. The highest BCUT2D eigenvalue weighted by atomic mass is 127. The van der Waals surface area contributed by atoms with Crippen LogP contribution in [0.3, 0.4) is 0 Å². The quantitative estimate of drug-likeness (QED) is 0.421. The highest BCUT2D eigenvalue weighted by Crippen LogP contribution is 2.43. The number of para-hydroxylation sites is 2. The number of carbonyl (C=O) groups excluding carboxylic acids is 1. The molecule has 0 aromatic heterocycles. The van der Waals surface area contributed by atoms with Gasteiger partial charge in [0, 0.05) is 22.6 Å². The molecule has 0 N–H and O–H groups in total. The van der Waals surface area contributed by atoms with Crippen LogP contribution in [0.5, 0.6) is 11.5 Å². The molecule has 0 heterocycles. The maximum absolute atomic E-state index is 11.5. The molecule has 0 unspecified atom stereocenters. The topological polar surface area (TPSA) is 35.5 Å². The van der Waals surface area contributed by atoms with Gasteiger partial charge in [0.2, 0.25) is 0 Å². The number of halogens is 1.